The Balaban J connectivity index is 2.52. The molecule has 3 nitrogen and oxygen atoms in total. The van der Waals surface area contributed by atoms with Crippen LogP contribution in [0.25, 0.3) is 0 Å². The minimum atomic E-state index is -0.191. The molecule has 0 radical (unpaired) electrons. The fourth-order valence-corrected chi connectivity index (χ4v) is 1.56. The van der Waals surface area contributed by atoms with Crippen molar-refractivity contribution in [1.82, 2.24) is 5.32 Å². The van der Waals surface area contributed by atoms with Gasteiger partial charge in [0.2, 0.25) is 0 Å². The number of hydrogen-bond donors (Lipinski definition) is 2. The highest BCUT2D eigenvalue weighted by Crippen LogP contribution is 2.12. The molecule has 0 aromatic carbocycles. The van der Waals surface area contributed by atoms with Gasteiger partial charge in [-0.25, -0.2) is 0 Å². The van der Waals surface area contributed by atoms with E-state index in [1.807, 2.05) is 6.92 Å². The molecule has 2 N–H and O–H groups in total. The van der Waals surface area contributed by atoms with E-state index in [1.54, 1.807) is 0 Å². The van der Waals surface area contributed by atoms with E-state index in [4.69, 9.17) is 0 Å². The standard InChI is InChI=1S/C11H22N2O/c1-3-11(2,9-14)13-10-7-5-4-6-8-12-10/h14H,3-9H2,1-2H3,(H,12,13). The number of rotatable bonds is 3. The summed E-state index contributed by atoms with van der Waals surface area (Å²) in [4.78, 5) is 4.50. The van der Waals surface area contributed by atoms with Crippen molar-refractivity contribution in [1.29, 1.82) is 0 Å². The Morgan fingerprint density at radius 1 is 1.43 bits per heavy atom. The van der Waals surface area contributed by atoms with Gasteiger partial charge in [-0.15, -0.1) is 0 Å². The van der Waals surface area contributed by atoms with Crippen molar-refractivity contribution in [3.05, 3.63) is 0 Å². The van der Waals surface area contributed by atoms with Crippen LogP contribution in [-0.4, -0.2) is 29.6 Å². The SMILES string of the molecule is CCC(C)(CO)NC1=NCCCCC1. The fourth-order valence-electron chi connectivity index (χ4n) is 1.56. The van der Waals surface area contributed by atoms with E-state index in [-0.39, 0.29) is 12.1 Å². The first-order valence-corrected chi connectivity index (χ1v) is 5.62. The van der Waals surface area contributed by atoms with Crippen LogP contribution >= 0.6 is 0 Å². The van der Waals surface area contributed by atoms with Crippen LogP contribution in [0.15, 0.2) is 4.99 Å². The van der Waals surface area contributed by atoms with E-state index in [9.17, 15) is 5.11 Å². The maximum absolute atomic E-state index is 9.27. The van der Waals surface area contributed by atoms with Crippen molar-refractivity contribution in [3.8, 4) is 0 Å². The Hall–Kier alpha value is -0.570. The van der Waals surface area contributed by atoms with Crippen LogP contribution in [0.4, 0.5) is 0 Å². The van der Waals surface area contributed by atoms with Gasteiger partial charge in [0.1, 0.15) is 0 Å². The van der Waals surface area contributed by atoms with Crippen molar-refractivity contribution in [2.45, 2.75) is 51.5 Å². The summed E-state index contributed by atoms with van der Waals surface area (Å²) >= 11 is 0. The molecule has 0 bridgehead atoms. The molecule has 0 fully saturated rings. The van der Waals surface area contributed by atoms with E-state index in [0.717, 1.165) is 25.2 Å². The van der Waals surface area contributed by atoms with Crippen LogP contribution in [0.5, 0.6) is 0 Å². The van der Waals surface area contributed by atoms with E-state index in [2.05, 4.69) is 17.2 Å². The van der Waals surface area contributed by atoms with E-state index < -0.39 is 0 Å². The lowest BCUT2D eigenvalue weighted by atomic mass is 10.00. The van der Waals surface area contributed by atoms with E-state index >= 15 is 0 Å². The predicted molar refractivity (Wildman–Crippen MR) is 59.7 cm³/mol. The van der Waals surface area contributed by atoms with Gasteiger partial charge in [-0.05, 0) is 26.2 Å². The molecule has 0 aromatic heterocycles. The second kappa shape index (κ2) is 5.35. The maximum Gasteiger partial charge on any atom is 0.0968 e. The van der Waals surface area contributed by atoms with Crippen LogP contribution in [0.1, 0.15) is 46.0 Å². The molecule has 0 aliphatic carbocycles. The highest BCUT2D eigenvalue weighted by Gasteiger charge is 2.22. The van der Waals surface area contributed by atoms with Crippen molar-refractivity contribution in [3.63, 3.8) is 0 Å². The largest absolute Gasteiger partial charge is 0.394 e. The zero-order valence-corrected chi connectivity index (χ0v) is 9.34. The zero-order chi connectivity index (χ0) is 10.4. The molecular weight excluding hydrogens is 176 g/mol. The summed E-state index contributed by atoms with van der Waals surface area (Å²) in [6.07, 6.45) is 5.65. The molecule has 0 amide bonds. The Morgan fingerprint density at radius 2 is 2.21 bits per heavy atom. The molecule has 1 aliphatic heterocycles. The van der Waals surface area contributed by atoms with Crippen molar-refractivity contribution in [2.24, 2.45) is 4.99 Å². The lowest BCUT2D eigenvalue weighted by Gasteiger charge is -2.29. The summed E-state index contributed by atoms with van der Waals surface area (Å²) in [6, 6.07) is 0. The molecule has 82 valence electrons. The third kappa shape index (κ3) is 3.29. The van der Waals surface area contributed by atoms with Crippen LogP contribution in [0.3, 0.4) is 0 Å². The number of aliphatic imine (C=N–C) groups is 1. The zero-order valence-electron chi connectivity index (χ0n) is 9.34. The van der Waals surface area contributed by atoms with Gasteiger partial charge in [-0.1, -0.05) is 13.3 Å². The fraction of sp³-hybridized carbons (Fsp3) is 0.909. The third-order valence-corrected chi connectivity index (χ3v) is 2.95. The second-order valence-electron chi connectivity index (χ2n) is 4.34. The molecule has 0 saturated carbocycles. The Kier molecular flexibility index (Phi) is 4.39. The summed E-state index contributed by atoms with van der Waals surface area (Å²) in [5.74, 6) is 1.08. The minimum absolute atomic E-state index is 0.169. The van der Waals surface area contributed by atoms with Crippen LogP contribution in [-0.2, 0) is 0 Å². The molecule has 1 heterocycles. The van der Waals surface area contributed by atoms with Crippen LogP contribution in [0, 0.1) is 0 Å². The van der Waals surface area contributed by atoms with Gasteiger partial charge in [0.25, 0.3) is 0 Å². The summed E-state index contributed by atoms with van der Waals surface area (Å²) < 4.78 is 0. The van der Waals surface area contributed by atoms with Crippen LogP contribution in [0.2, 0.25) is 0 Å². The minimum Gasteiger partial charge on any atom is -0.394 e. The predicted octanol–water partition coefficient (Wildman–Crippen LogP) is 1.71. The highest BCUT2D eigenvalue weighted by atomic mass is 16.3. The first-order valence-electron chi connectivity index (χ1n) is 5.62. The summed E-state index contributed by atoms with van der Waals surface area (Å²) in [5, 5.41) is 12.6. The molecule has 0 saturated heterocycles. The molecule has 1 atom stereocenters. The number of nitrogens with one attached hydrogen (secondary N) is 1. The van der Waals surface area contributed by atoms with Crippen molar-refractivity contribution in [2.75, 3.05) is 13.2 Å². The highest BCUT2D eigenvalue weighted by molar-refractivity contribution is 5.83. The lowest BCUT2D eigenvalue weighted by Crippen LogP contribution is -2.48. The Labute approximate surface area is 86.6 Å². The average molecular weight is 198 g/mol. The molecule has 0 spiro atoms. The van der Waals surface area contributed by atoms with E-state index in [1.165, 1.54) is 19.3 Å². The second-order valence-corrected chi connectivity index (χ2v) is 4.34. The van der Waals surface area contributed by atoms with Gasteiger partial charge < -0.3 is 10.4 Å². The first-order chi connectivity index (χ1) is 6.70. The molecule has 14 heavy (non-hydrogen) atoms. The molecular formula is C11H22N2O. The number of nitrogens with zero attached hydrogens (tertiary/aromatic N) is 1. The maximum atomic E-state index is 9.27. The van der Waals surface area contributed by atoms with Gasteiger partial charge in [0, 0.05) is 13.0 Å². The number of aliphatic hydroxyl groups is 1. The number of hydrogen-bond acceptors (Lipinski definition) is 3. The van der Waals surface area contributed by atoms with Gasteiger partial charge in [-0.2, -0.15) is 0 Å². The van der Waals surface area contributed by atoms with E-state index in [0.29, 0.717) is 0 Å². The smallest absolute Gasteiger partial charge is 0.0968 e. The van der Waals surface area contributed by atoms with Gasteiger partial charge in [0.15, 0.2) is 0 Å². The summed E-state index contributed by atoms with van der Waals surface area (Å²) in [7, 11) is 0. The summed E-state index contributed by atoms with van der Waals surface area (Å²) in [6.45, 7) is 5.23. The normalized spacial score (nSPS) is 22.1. The van der Waals surface area contributed by atoms with Gasteiger partial charge in [-0.3, -0.25) is 4.99 Å². The molecule has 1 unspecified atom stereocenters. The lowest BCUT2D eigenvalue weighted by molar-refractivity contribution is 0.188. The van der Waals surface area contributed by atoms with Crippen molar-refractivity contribution < 1.29 is 5.11 Å². The third-order valence-electron chi connectivity index (χ3n) is 2.95. The molecule has 3 heteroatoms. The monoisotopic (exact) mass is 198 g/mol. The van der Waals surface area contributed by atoms with Crippen molar-refractivity contribution >= 4 is 5.84 Å². The van der Waals surface area contributed by atoms with Gasteiger partial charge >= 0.3 is 0 Å². The van der Waals surface area contributed by atoms with Gasteiger partial charge in [0.05, 0.1) is 18.0 Å². The van der Waals surface area contributed by atoms with Crippen LogP contribution < -0.4 is 5.32 Å². The topological polar surface area (TPSA) is 44.6 Å². The first kappa shape index (κ1) is 11.5. The quantitative estimate of drug-likeness (QED) is 0.725. The average Bonchev–Trinajstić information content (AvgIpc) is 2.46. The molecule has 1 rings (SSSR count). The summed E-state index contributed by atoms with van der Waals surface area (Å²) in [5.41, 5.74) is -0.191. The molecule has 0 aromatic rings. The molecule has 1 aliphatic rings. The number of aliphatic hydroxyl groups excluding tert-OH is 1. The Morgan fingerprint density at radius 3 is 2.86 bits per heavy atom. The Bertz CT molecular complexity index is 197. The number of amidine groups is 1.